The second-order valence-electron chi connectivity index (χ2n) is 7.67. The van der Waals surface area contributed by atoms with Crippen LogP contribution in [0.5, 0.6) is 0 Å². The molecule has 33 heavy (non-hydrogen) atoms. The average molecular weight is 462 g/mol. The molecule has 0 bridgehead atoms. The molecule has 1 atom stereocenters. The number of nitrogens with one attached hydrogen (secondary N) is 1. The molecule has 1 saturated heterocycles. The molecular formula is C26H24FN3O2S. The fraction of sp³-hybridized carbons (Fsp3) is 0.192. The predicted octanol–water partition coefficient (Wildman–Crippen LogP) is 5.42. The van der Waals surface area contributed by atoms with Crippen LogP contribution in [0, 0.1) is 5.82 Å². The number of para-hydroxylation sites is 1. The summed E-state index contributed by atoms with van der Waals surface area (Å²) in [5, 5.41) is 2.67. The summed E-state index contributed by atoms with van der Waals surface area (Å²) in [5.41, 5.74) is 2.43. The van der Waals surface area contributed by atoms with Gasteiger partial charge in [-0.05, 0) is 54.8 Å². The lowest BCUT2D eigenvalue weighted by molar-refractivity contribution is -0.129. The van der Waals surface area contributed by atoms with Crippen LogP contribution in [0.1, 0.15) is 18.4 Å². The molecule has 1 unspecified atom stereocenters. The molecule has 0 aliphatic carbocycles. The number of amides is 2. The Kier molecular flexibility index (Phi) is 7.52. The number of thioether (sulfide) groups is 1. The highest BCUT2D eigenvalue weighted by Crippen LogP contribution is 2.30. The summed E-state index contributed by atoms with van der Waals surface area (Å²) >= 11 is 1.28. The number of hydrogen-bond acceptors (Lipinski definition) is 4. The average Bonchev–Trinajstić information content (AvgIpc) is 2.83. The fourth-order valence-corrected chi connectivity index (χ4v) is 4.64. The van der Waals surface area contributed by atoms with E-state index in [1.165, 1.54) is 41.6 Å². The molecule has 5 nitrogen and oxygen atoms in total. The lowest BCUT2D eigenvalue weighted by Crippen LogP contribution is -2.45. The number of carbonyl (C=O) groups is 2. The smallest absolute Gasteiger partial charge is 0.238 e. The van der Waals surface area contributed by atoms with Gasteiger partial charge in [0.25, 0.3) is 0 Å². The highest BCUT2D eigenvalue weighted by molar-refractivity contribution is 8.15. The summed E-state index contributed by atoms with van der Waals surface area (Å²) in [6.45, 7) is 0.526. The Balaban J connectivity index is 1.48. The van der Waals surface area contributed by atoms with E-state index >= 15 is 0 Å². The summed E-state index contributed by atoms with van der Waals surface area (Å²) in [4.78, 5) is 32.3. The first-order valence-electron chi connectivity index (χ1n) is 10.8. The zero-order valence-electron chi connectivity index (χ0n) is 18.0. The zero-order valence-corrected chi connectivity index (χ0v) is 18.8. The molecule has 0 radical (unpaired) electrons. The maximum atomic E-state index is 13.2. The van der Waals surface area contributed by atoms with Crippen LogP contribution in [0.3, 0.4) is 0 Å². The minimum atomic E-state index is -0.615. The van der Waals surface area contributed by atoms with Crippen molar-refractivity contribution in [3.63, 3.8) is 0 Å². The van der Waals surface area contributed by atoms with E-state index in [9.17, 15) is 14.0 Å². The van der Waals surface area contributed by atoms with Crippen LogP contribution < -0.4 is 5.32 Å². The molecule has 0 aromatic heterocycles. The molecule has 1 fully saturated rings. The van der Waals surface area contributed by atoms with Gasteiger partial charge in [0, 0.05) is 18.7 Å². The van der Waals surface area contributed by atoms with Crippen LogP contribution in [0.2, 0.25) is 0 Å². The summed E-state index contributed by atoms with van der Waals surface area (Å²) in [5.74, 6) is -0.806. The zero-order chi connectivity index (χ0) is 23.0. The van der Waals surface area contributed by atoms with Gasteiger partial charge in [-0.1, -0.05) is 60.3 Å². The molecule has 4 rings (SSSR count). The summed E-state index contributed by atoms with van der Waals surface area (Å²) in [6.07, 6.45) is 1.72. The Hall–Kier alpha value is -3.45. The van der Waals surface area contributed by atoms with Gasteiger partial charge in [-0.15, -0.1) is 0 Å². The van der Waals surface area contributed by atoms with Crippen LogP contribution in [-0.2, 0) is 16.0 Å². The molecule has 1 aliphatic heterocycles. The van der Waals surface area contributed by atoms with Crippen molar-refractivity contribution in [2.75, 3.05) is 11.9 Å². The van der Waals surface area contributed by atoms with E-state index in [0.29, 0.717) is 17.4 Å². The minimum absolute atomic E-state index is 0.0802. The number of aryl methyl sites for hydroxylation is 1. The maximum Gasteiger partial charge on any atom is 0.238 e. The molecule has 1 heterocycles. The summed E-state index contributed by atoms with van der Waals surface area (Å²) in [7, 11) is 0. The van der Waals surface area contributed by atoms with Crippen molar-refractivity contribution < 1.29 is 14.0 Å². The first-order valence-corrected chi connectivity index (χ1v) is 11.7. The number of anilines is 1. The molecule has 2 amide bonds. The van der Waals surface area contributed by atoms with Crippen LogP contribution in [0.25, 0.3) is 0 Å². The molecule has 0 saturated carbocycles. The first kappa shape index (κ1) is 22.7. The van der Waals surface area contributed by atoms with Crippen molar-refractivity contribution in [1.82, 2.24) is 4.90 Å². The summed E-state index contributed by atoms with van der Waals surface area (Å²) in [6, 6.07) is 25.1. The van der Waals surface area contributed by atoms with Gasteiger partial charge in [0.15, 0.2) is 5.17 Å². The van der Waals surface area contributed by atoms with E-state index < -0.39 is 5.25 Å². The topological polar surface area (TPSA) is 61.8 Å². The van der Waals surface area contributed by atoms with Crippen molar-refractivity contribution in [3.8, 4) is 0 Å². The van der Waals surface area contributed by atoms with Crippen molar-refractivity contribution in [3.05, 3.63) is 96.3 Å². The lowest BCUT2D eigenvalue weighted by Gasteiger charge is -2.31. The minimum Gasteiger partial charge on any atom is -0.325 e. The fourth-order valence-electron chi connectivity index (χ4n) is 3.52. The van der Waals surface area contributed by atoms with Crippen molar-refractivity contribution in [1.29, 1.82) is 0 Å². The Bertz CT molecular complexity index is 1120. The Labute approximate surface area is 196 Å². The molecule has 0 spiro atoms. The SMILES string of the molecule is O=C(Nc1ccc(F)cc1)C1CC(=O)N(CCCc2ccccc2)C(=Nc2ccccc2)S1. The van der Waals surface area contributed by atoms with E-state index in [2.05, 4.69) is 22.4 Å². The number of carbonyl (C=O) groups excluding carboxylic acids is 2. The van der Waals surface area contributed by atoms with E-state index in [0.717, 1.165) is 18.5 Å². The van der Waals surface area contributed by atoms with Gasteiger partial charge in [-0.2, -0.15) is 0 Å². The molecule has 3 aromatic carbocycles. The molecule has 168 valence electrons. The number of benzene rings is 3. The van der Waals surface area contributed by atoms with Crippen LogP contribution >= 0.6 is 11.8 Å². The van der Waals surface area contributed by atoms with E-state index in [1.807, 2.05) is 48.5 Å². The van der Waals surface area contributed by atoms with E-state index in [4.69, 9.17) is 0 Å². The van der Waals surface area contributed by atoms with Crippen molar-refractivity contribution in [2.45, 2.75) is 24.5 Å². The highest BCUT2D eigenvalue weighted by atomic mass is 32.2. The molecule has 3 aromatic rings. The second kappa shape index (κ2) is 10.9. The van der Waals surface area contributed by atoms with Crippen molar-refractivity contribution in [2.24, 2.45) is 4.99 Å². The van der Waals surface area contributed by atoms with Gasteiger partial charge in [0.2, 0.25) is 11.8 Å². The first-order chi connectivity index (χ1) is 16.1. The number of aliphatic imine (C=N–C) groups is 1. The predicted molar refractivity (Wildman–Crippen MR) is 131 cm³/mol. The van der Waals surface area contributed by atoms with E-state index in [1.54, 1.807) is 4.90 Å². The van der Waals surface area contributed by atoms with Gasteiger partial charge in [-0.3, -0.25) is 14.5 Å². The third-order valence-electron chi connectivity index (χ3n) is 5.21. The number of hydrogen-bond donors (Lipinski definition) is 1. The van der Waals surface area contributed by atoms with Crippen LogP contribution in [0.15, 0.2) is 89.9 Å². The third kappa shape index (κ3) is 6.29. The Morgan fingerprint density at radius 3 is 2.36 bits per heavy atom. The number of rotatable bonds is 7. The summed E-state index contributed by atoms with van der Waals surface area (Å²) < 4.78 is 13.2. The van der Waals surface area contributed by atoms with Crippen LogP contribution in [-0.4, -0.2) is 33.7 Å². The lowest BCUT2D eigenvalue weighted by atomic mass is 10.1. The monoisotopic (exact) mass is 461 g/mol. The van der Waals surface area contributed by atoms with Gasteiger partial charge in [0.1, 0.15) is 11.1 Å². The Morgan fingerprint density at radius 2 is 1.67 bits per heavy atom. The maximum absolute atomic E-state index is 13.2. The largest absolute Gasteiger partial charge is 0.325 e. The van der Waals surface area contributed by atoms with Gasteiger partial charge >= 0.3 is 0 Å². The number of nitrogens with zero attached hydrogens (tertiary/aromatic N) is 2. The van der Waals surface area contributed by atoms with Gasteiger partial charge < -0.3 is 5.32 Å². The quantitative estimate of drug-likeness (QED) is 0.511. The second-order valence-corrected chi connectivity index (χ2v) is 8.84. The standard InChI is InChI=1S/C26H24FN3O2S/c27-20-13-15-22(16-14-20)28-25(32)23-18-24(31)30(17-7-10-19-8-3-1-4-9-19)26(33-23)29-21-11-5-2-6-12-21/h1-6,8-9,11-16,23H,7,10,17-18H2,(H,28,32). The van der Waals surface area contributed by atoms with Crippen LogP contribution in [0.4, 0.5) is 15.8 Å². The molecule has 1 N–H and O–H groups in total. The molecule has 1 aliphatic rings. The molecule has 7 heteroatoms. The van der Waals surface area contributed by atoms with Gasteiger partial charge in [-0.25, -0.2) is 9.38 Å². The number of halogens is 1. The third-order valence-corrected chi connectivity index (χ3v) is 6.40. The van der Waals surface area contributed by atoms with Gasteiger partial charge in [0.05, 0.1) is 5.69 Å². The highest BCUT2D eigenvalue weighted by Gasteiger charge is 2.35. The number of amidine groups is 1. The van der Waals surface area contributed by atoms with E-state index in [-0.39, 0.29) is 24.1 Å². The normalized spacial score (nSPS) is 17.2. The Morgan fingerprint density at radius 1 is 1.00 bits per heavy atom. The molecular weight excluding hydrogens is 437 g/mol. The van der Waals surface area contributed by atoms with Crippen molar-refractivity contribution >= 4 is 40.1 Å².